The average molecular weight is 424 g/mol. The highest BCUT2D eigenvalue weighted by Crippen LogP contribution is 2.40. The fourth-order valence-electron chi connectivity index (χ4n) is 4.23. The molecule has 1 saturated carbocycles. The highest BCUT2D eigenvalue weighted by atomic mass is 16.5. The van der Waals surface area contributed by atoms with E-state index in [1.54, 1.807) is 7.05 Å². The van der Waals surface area contributed by atoms with E-state index in [-0.39, 0.29) is 23.2 Å². The first kappa shape index (κ1) is 20.1. The molecule has 1 aliphatic carbocycles. The van der Waals surface area contributed by atoms with E-state index in [2.05, 4.69) is 34.0 Å². The number of aliphatic hydroxyl groups excluding tert-OH is 1. The third kappa shape index (κ3) is 3.80. The molecule has 164 valence electrons. The van der Waals surface area contributed by atoms with Gasteiger partial charge in [0.25, 0.3) is 5.56 Å². The number of benzene rings is 1. The summed E-state index contributed by atoms with van der Waals surface area (Å²) in [4.78, 5) is 15.0. The van der Waals surface area contributed by atoms with E-state index in [9.17, 15) is 9.90 Å². The van der Waals surface area contributed by atoms with Crippen LogP contribution in [-0.2, 0) is 7.05 Å². The topological polar surface area (TPSA) is 96.3 Å². The molecule has 1 aliphatic heterocycles. The summed E-state index contributed by atoms with van der Waals surface area (Å²) < 4.78 is 7.50. The Bertz CT molecular complexity index is 1170. The minimum Gasteiger partial charge on any atom is -0.488 e. The van der Waals surface area contributed by atoms with Gasteiger partial charge in [-0.3, -0.25) is 9.89 Å². The first-order valence-electron chi connectivity index (χ1n) is 11.0. The number of aromatic nitrogens is 4. The van der Waals surface area contributed by atoms with Crippen LogP contribution in [0, 0.1) is 5.92 Å². The number of hydrogen-bond donors (Lipinski definition) is 2. The van der Waals surface area contributed by atoms with Gasteiger partial charge >= 0.3 is 0 Å². The van der Waals surface area contributed by atoms with Gasteiger partial charge < -0.3 is 14.7 Å². The number of nitrogens with one attached hydrogen (secondary N) is 1. The summed E-state index contributed by atoms with van der Waals surface area (Å²) in [6, 6.07) is 7.74. The van der Waals surface area contributed by atoms with E-state index in [1.807, 2.05) is 24.3 Å². The van der Waals surface area contributed by atoms with Crippen LogP contribution in [0.2, 0.25) is 0 Å². The molecular formula is C23H29N5O3. The molecule has 0 bridgehead atoms. The van der Waals surface area contributed by atoms with Gasteiger partial charge in [-0.15, -0.1) is 0 Å². The van der Waals surface area contributed by atoms with Gasteiger partial charge in [0, 0.05) is 25.5 Å². The van der Waals surface area contributed by atoms with E-state index in [0.29, 0.717) is 30.0 Å². The van der Waals surface area contributed by atoms with Gasteiger partial charge in [-0.25, -0.2) is 4.68 Å². The van der Waals surface area contributed by atoms with Crippen molar-refractivity contribution in [2.45, 2.75) is 51.2 Å². The summed E-state index contributed by atoms with van der Waals surface area (Å²) in [5.74, 6) is 1.04. The summed E-state index contributed by atoms with van der Waals surface area (Å²) in [6.07, 6.45) is 3.28. The van der Waals surface area contributed by atoms with Crippen molar-refractivity contribution in [2.24, 2.45) is 13.0 Å². The zero-order valence-corrected chi connectivity index (χ0v) is 18.3. The lowest BCUT2D eigenvalue weighted by Gasteiger charge is -2.22. The van der Waals surface area contributed by atoms with Crippen molar-refractivity contribution in [1.82, 2.24) is 20.0 Å². The van der Waals surface area contributed by atoms with Gasteiger partial charge in [-0.1, -0.05) is 6.92 Å². The van der Waals surface area contributed by atoms with Crippen LogP contribution in [0.3, 0.4) is 0 Å². The molecule has 31 heavy (non-hydrogen) atoms. The zero-order valence-electron chi connectivity index (χ0n) is 18.3. The predicted molar refractivity (Wildman–Crippen MR) is 119 cm³/mol. The van der Waals surface area contributed by atoms with Crippen LogP contribution in [-0.4, -0.2) is 49.9 Å². The summed E-state index contributed by atoms with van der Waals surface area (Å²) in [5, 5.41) is 23.2. The fourth-order valence-corrected chi connectivity index (χ4v) is 4.23. The van der Waals surface area contributed by atoms with E-state index in [0.717, 1.165) is 42.5 Å². The second kappa shape index (κ2) is 7.37. The molecule has 1 aromatic carbocycles. The lowest BCUT2D eigenvalue weighted by atomic mass is 10.0. The van der Waals surface area contributed by atoms with Crippen LogP contribution in [0.4, 0.5) is 5.69 Å². The van der Waals surface area contributed by atoms with Crippen LogP contribution < -0.4 is 15.2 Å². The van der Waals surface area contributed by atoms with Crippen molar-refractivity contribution in [3.05, 3.63) is 34.6 Å². The first-order valence-corrected chi connectivity index (χ1v) is 11.0. The van der Waals surface area contributed by atoms with Crippen molar-refractivity contribution < 1.29 is 9.84 Å². The lowest BCUT2D eigenvalue weighted by Crippen LogP contribution is -2.33. The maximum Gasteiger partial charge on any atom is 0.290 e. The molecule has 5 rings (SSSR count). The molecule has 8 heteroatoms. The van der Waals surface area contributed by atoms with E-state index in [1.165, 1.54) is 4.68 Å². The summed E-state index contributed by atoms with van der Waals surface area (Å²) in [6.45, 7) is 5.55. The number of anilines is 1. The highest BCUT2D eigenvalue weighted by Gasteiger charge is 2.40. The lowest BCUT2D eigenvalue weighted by molar-refractivity contribution is 0.114. The third-order valence-electron chi connectivity index (χ3n) is 6.69. The number of rotatable bonds is 4. The largest absolute Gasteiger partial charge is 0.488 e. The Hall–Kier alpha value is -2.87. The molecular weight excluding hydrogens is 394 g/mol. The van der Waals surface area contributed by atoms with Gasteiger partial charge in [0.15, 0.2) is 0 Å². The van der Waals surface area contributed by atoms with Crippen LogP contribution in [0.1, 0.15) is 39.5 Å². The molecule has 2 unspecified atom stereocenters. The molecule has 2 fully saturated rings. The number of fused-ring (bicyclic) bond motifs is 1. The third-order valence-corrected chi connectivity index (χ3v) is 6.69. The standard InChI is InChI=1S/C23H29N5O3/c1-14-6-10-28(11-7-20(14)29)19-13-18(26-27(3)22(19)30)21-16-12-15(31-23(2)8-9-23)4-5-17(16)24-25-21/h4-5,12-14,20,29H,6-11H2,1-3H3,(H,24,25). The fraction of sp³-hybridized carbons (Fsp3) is 0.522. The smallest absolute Gasteiger partial charge is 0.290 e. The van der Waals surface area contributed by atoms with E-state index < -0.39 is 0 Å². The SMILES string of the molecule is CC1CCN(c2cc(-c3n[nH]c4ccc(OC5(C)CC5)cc34)nn(C)c2=O)CCC1O. The Morgan fingerprint density at radius 2 is 2.00 bits per heavy atom. The first-order chi connectivity index (χ1) is 14.8. The molecule has 2 atom stereocenters. The second-order valence-corrected chi connectivity index (χ2v) is 9.28. The molecule has 3 aromatic rings. The van der Waals surface area contributed by atoms with Crippen LogP contribution >= 0.6 is 0 Å². The molecule has 8 nitrogen and oxygen atoms in total. The minimum absolute atomic E-state index is 0.0614. The molecule has 1 saturated heterocycles. The Morgan fingerprint density at radius 1 is 1.23 bits per heavy atom. The van der Waals surface area contributed by atoms with E-state index >= 15 is 0 Å². The summed E-state index contributed by atoms with van der Waals surface area (Å²) in [5.41, 5.74) is 2.62. The van der Waals surface area contributed by atoms with Crippen LogP contribution in [0.25, 0.3) is 22.3 Å². The Balaban J connectivity index is 1.54. The minimum atomic E-state index is -0.336. The Kier molecular flexibility index (Phi) is 4.77. The van der Waals surface area contributed by atoms with Gasteiger partial charge in [-0.2, -0.15) is 10.2 Å². The Labute approximate surface area is 180 Å². The molecule has 2 N–H and O–H groups in total. The number of H-pyrrole nitrogens is 1. The molecule has 0 radical (unpaired) electrons. The van der Waals surface area contributed by atoms with Gasteiger partial charge in [0.05, 0.1) is 11.6 Å². The number of aryl methyl sites for hydroxylation is 1. The quantitative estimate of drug-likeness (QED) is 0.670. The number of aromatic amines is 1. The van der Waals surface area contributed by atoms with Gasteiger partial charge in [0.2, 0.25) is 0 Å². The maximum absolute atomic E-state index is 12.9. The van der Waals surface area contributed by atoms with Crippen molar-refractivity contribution in [1.29, 1.82) is 0 Å². The number of ether oxygens (including phenoxy) is 1. The summed E-state index contributed by atoms with van der Waals surface area (Å²) >= 11 is 0. The number of nitrogens with zero attached hydrogens (tertiary/aromatic N) is 4. The normalized spacial score (nSPS) is 23.0. The number of hydrogen-bond acceptors (Lipinski definition) is 6. The molecule has 2 aromatic heterocycles. The average Bonchev–Trinajstić information content (AvgIpc) is 3.36. The number of aliphatic hydroxyl groups is 1. The van der Waals surface area contributed by atoms with Gasteiger partial charge in [0.1, 0.15) is 28.4 Å². The Morgan fingerprint density at radius 3 is 2.77 bits per heavy atom. The monoisotopic (exact) mass is 423 g/mol. The summed E-state index contributed by atoms with van der Waals surface area (Å²) in [7, 11) is 1.67. The maximum atomic E-state index is 12.9. The van der Waals surface area contributed by atoms with Crippen molar-refractivity contribution >= 4 is 16.6 Å². The predicted octanol–water partition coefficient (Wildman–Crippen LogP) is 2.85. The van der Waals surface area contributed by atoms with Crippen LogP contribution in [0.15, 0.2) is 29.1 Å². The molecule has 2 aliphatic rings. The molecule has 3 heterocycles. The highest BCUT2D eigenvalue weighted by molar-refractivity contribution is 5.93. The van der Waals surface area contributed by atoms with Gasteiger partial charge in [-0.05, 0) is 62.8 Å². The van der Waals surface area contributed by atoms with E-state index in [4.69, 9.17) is 4.74 Å². The van der Waals surface area contributed by atoms with Crippen molar-refractivity contribution in [3.63, 3.8) is 0 Å². The molecule has 0 spiro atoms. The second-order valence-electron chi connectivity index (χ2n) is 9.28. The zero-order chi connectivity index (χ0) is 21.8. The van der Waals surface area contributed by atoms with Crippen molar-refractivity contribution in [2.75, 3.05) is 18.0 Å². The van der Waals surface area contributed by atoms with Crippen molar-refractivity contribution in [3.8, 4) is 17.1 Å². The molecule has 0 amide bonds. The van der Waals surface area contributed by atoms with Crippen LogP contribution in [0.5, 0.6) is 5.75 Å².